The van der Waals surface area contributed by atoms with E-state index in [1.165, 1.54) is 36.1 Å². The van der Waals surface area contributed by atoms with E-state index in [2.05, 4.69) is 60.4 Å². The molecule has 0 N–H and O–H groups in total. The Labute approximate surface area is 139 Å². The molecular formula is C21H25NO. The zero-order chi connectivity index (χ0) is 15.8. The third kappa shape index (κ3) is 2.76. The van der Waals surface area contributed by atoms with Crippen LogP contribution in [0.1, 0.15) is 36.0 Å². The van der Waals surface area contributed by atoms with E-state index in [0.717, 1.165) is 12.3 Å². The number of likely N-dealkylation sites (tertiary alicyclic amines) is 1. The van der Waals surface area contributed by atoms with Gasteiger partial charge in [-0.25, -0.2) is 0 Å². The maximum Gasteiger partial charge on any atom is 0.119 e. The fourth-order valence-electron chi connectivity index (χ4n) is 4.46. The van der Waals surface area contributed by atoms with Gasteiger partial charge in [-0.1, -0.05) is 43.3 Å². The minimum atomic E-state index is 0.678. The molecule has 0 aromatic heterocycles. The number of ether oxygens (including phenoxy) is 1. The van der Waals surface area contributed by atoms with E-state index in [0.29, 0.717) is 17.9 Å². The lowest BCUT2D eigenvalue weighted by Gasteiger charge is -2.47. The van der Waals surface area contributed by atoms with Crippen LogP contribution in [-0.2, 0) is 13.0 Å². The van der Waals surface area contributed by atoms with Gasteiger partial charge in [0, 0.05) is 19.1 Å². The van der Waals surface area contributed by atoms with Crippen molar-refractivity contribution < 1.29 is 4.74 Å². The molecule has 2 bridgehead atoms. The molecule has 0 unspecified atom stereocenters. The predicted octanol–water partition coefficient (Wildman–Crippen LogP) is 4.25. The van der Waals surface area contributed by atoms with Gasteiger partial charge >= 0.3 is 0 Å². The van der Waals surface area contributed by atoms with E-state index >= 15 is 0 Å². The molecule has 23 heavy (non-hydrogen) atoms. The van der Waals surface area contributed by atoms with Gasteiger partial charge in [0.2, 0.25) is 0 Å². The number of hydrogen-bond donors (Lipinski definition) is 0. The molecule has 0 amide bonds. The summed E-state index contributed by atoms with van der Waals surface area (Å²) < 4.78 is 5.44. The summed E-state index contributed by atoms with van der Waals surface area (Å²) in [7, 11) is 1.76. The van der Waals surface area contributed by atoms with Crippen LogP contribution >= 0.6 is 0 Å². The molecule has 4 rings (SSSR count). The van der Waals surface area contributed by atoms with Crippen LogP contribution in [-0.4, -0.2) is 24.6 Å². The molecule has 2 heteroatoms. The van der Waals surface area contributed by atoms with Gasteiger partial charge in [-0.3, -0.25) is 4.90 Å². The smallest absolute Gasteiger partial charge is 0.119 e. The van der Waals surface area contributed by atoms with E-state index in [1.807, 2.05) is 0 Å². The summed E-state index contributed by atoms with van der Waals surface area (Å²) in [5.41, 5.74) is 4.49. The highest BCUT2D eigenvalue weighted by Crippen LogP contribution is 2.44. The molecule has 0 radical (unpaired) electrons. The Morgan fingerprint density at radius 3 is 2.74 bits per heavy atom. The van der Waals surface area contributed by atoms with Crippen molar-refractivity contribution in [1.82, 2.24) is 4.90 Å². The Kier molecular flexibility index (Phi) is 3.86. The first-order valence-electron chi connectivity index (χ1n) is 8.69. The second-order valence-electron chi connectivity index (χ2n) is 7.16. The van der Waals surface area contributed by atoms with E-state index in [9.17, 15) is 0 Å². The van der Waals surface area contributed by atoms with Gasteiger partial charge in [0.25, 0.3) is 0 Å². The quantitative estimate of drug-likeness (QED) is 0.840. The van der Waals surface area contributed by atoms with Gasteiger partial charge in [0.05, 0.1) is 7.11 Å². The van der Waals surface area contributed by atoms with Crippen molar-refractivity contribution in [1.29, 1.82) is 0 Å². The van der Waals surface area contributed by atoms with Crippen molar-refractivity contribution in [2.24, 2.45) is 5.92 Å². The van der Waals surface area contributed by atoms with Crippen molar-refractivity contribution in [3.8, 4) is 5.75 Å². The number of hydrogen-bond acceptors (Lipinski definition) is 2. The molecule has 1 aliphatic heterocycles. The van der Waals surface area contributed by atoms with E-state index < -0.39 is 0 Å². The van der Waals surface area contributed by atoms with Gasteiger partial charge in [0.1, 0.15) is 5.75 Å². The zero-order valence-corrected chi connectivity index (χ0v) is 14.0. The van der Waals surface area contributed by atoms with Crippen molar-refractivity contribution >= 4 is 0 Å². The molecule has 2 nitrogen and oxygen atoms in total. The van der Waals surface area contributed by atoms with Crippen molar-refractivity contribution in [3.05, 3.63) is 65.2 Å². The molecule has 2 aromatic carbocycles. The first-order valence-corrected chi connectivity index (χ1v) is 8.69. The average molecular weight is 307 g/mol. The van der Waals surface area contributed by atoms with E-state index in [-0.39, 0.29) is 0 Å². The van der Waals surface area contributed by atoms with Crippen LogP contribution in [0.2, 0.25) is 0 Å². The predicted molar refractivity (Wildman–Crippen MR) is 93.9 cm³/mol. The monoisotopic (exact) mass is 307 g/mol. The highest BCUT2D eigenvalue weighted by atomic mass is 16.5. The van der Waals surface area contributed by atoms with Crippen LogP contribution < -0.4 is 4.74 Å². The average Bonchev–Trinajstić information content (AvgIpc) is 2.59. The fourth-order valence-corrected chi connectivity index (χ4v) is 4.46. The summed E-state index contributed by atoms with van der Waals surface area (Å²) in [6, 6.07) is 18.2. The van der Waals surface area contributed by atoms with Crippen molar-refractivity contribution in [2.45, 2.75) is 38.3 Å². The number of benzene rings is 2. The highest BCUT2D eigenvalue weighted by Gasteiger charge is 2.38. The molecule has 2 aliphatic rings. The Morgan fingerprint density at radius 2 is 1.96 bits per heavy atom. The second kappa shape index (κ2) is 6.01. The summed E-state index contributed by atoms with van der Waals surface area (Å²) in [6.07, 6.45) is 2.46. The zero-order valence-electron chi connectivity index (χ0n) is 14.0. The Hall–Kier alpha value is -1.80. The molecule has 2 aromatic rings. The summed E-state index contributed by atoms with van der Waals surface area (Å²) in [4.78, 5) is 2.70. The molecule has 0 spiro atoms. The summed E-state index contributed by atoms with van der Waals surface area (Å²) in [5.74, 6) is 2.38. The minimum absolute atomic E-state index is 0.678. The first kappa shape index (κ1) is 14.8. The standard InChI is InChI=1S/C21H25NO/c1-15-13-22(14-16-6-4-3-5-7-16)18-10-17-8-9-19(23-2)12-21(17)20(15)11-18/h3-9,12,15,18,20H,10-11,13-14H2,1-2H3/t15-,18-,20+/m1/s1. The molecule has 1 heterocycles. The number of rotatable bonds is 3. The largest absolute Gasteiger partial charge is 0.497 e. The second-order valence-corrected chi connectivity index (χ2v) is 7.16. The van der Waals surface area contributed by atoms with Gasteiger partial charge in [-0.15, -0.1) is 0 Å². The normalized spacial score (nSPS) is 26.6. The molecule has 3 atom stereocenters. The van der Waals surface area contributed by atoms with Gasteiger partial charge < -0.3 is 4.74 Å². The number of methoxy groups -OCH3 is 1. The van der Waals surface area contributed by atoms with Crippen LogP contribution in [0.3, 0.4) is 0 Å². The third-order valence-electron chi connectivity index (χ3n) is 5.69. The van der Waals surface area contributed by atoms with Crippen LogP contribution in [0, 0.1) is 5.92 Å². The van der Waals surface area contributed by atoms with Gasteiger partial charge in [0.15, 0.2) is 0 Å². The molecule has 120 valence electrons. The Morgan fingerprint density at radius 1 is 1.13 bits per heavy atom. The summed E-state index contributed by atoms with van der Waals surface area (Å²) >= 11 is 0. The SMILES string of the molecule is COc1ccc2c(c1)[C@H]1C[C@@H](C2)N(Cc2ccccc2)C[C@H]1C. The topological polar surface area (TPSA) is 12.5 Å². The molecule has 1 fully saturated rings. The summed E-state index contributed by atoms with van der Waals surface area (Å²) in [6.45, 7) is 4.68. The van der Waals surface area contributed by atoms with Crippen LogP contribution in [0.15, 0.2) is 48.5 Å². The summed E-state index contributed by atoms with van der Waals surface area (Å²) in [5, 5.41) is 0. The minimum Gasteiger partial charge on any atom is -0.497 e. The van der Waals surface area contributed by atoms with Crippen LogP contribution in [0.4, 0.5) is 0 Å². The number of piperidine rings is 1. The van der Waals surface area contributed by atoms with E-state index in [1.54, 1.807) is 7.11 Å². The van der Waals surface area contributed by atoms with Crippen molar-refractivity contribution in [3.63, 3.8) is 0 Å². The highest BCUT2D eigenvalue weighted by molar-refractivity contribution is 5.41. The number of fused-ring (bicyclic) bond motifs is 4. The third-order valence-corrected chi connectivity index (χ3v) is 5.69. The van der Waals surface area contributed by atoms with Crippen molar-refractivity contribution in [2.75, 3.05) is 13.7 Å². The van der Waals surface area contributed by atoms with Gasteiger partial charge in [-0.2, -0.15) is 0 Å². The molecule has 1 saturated heterocycles. The lowest BCUT2D eigenvalue weighted by molar-refractivity contribution is 0.0799. The maximum atomic E-state index is 5.44. The lowest BCUT2D eigenvalue weighted by atomic mass is 9.70. The van der Waals surface area contributed by atoms with Crippen LogP contribution in [0.5, 0.6) is 5.75 Å². The Balaban J connectivity index is 1.60. The fraction of sp³-hybridized carbons (Fsp3) is 0.429. The van der Waals surface area contributed by atoms with Crippen LogP contribution in [0.25, 0.3) is 0 Å². The lowest BCUT2D eigenvalue weighted by Crippen LogP contribution is -2.48. The maximum absolute atomic E-state index is 5.44. The van der Waals surface area contributed by atoms with Gasteiger partial charge in [-0.05, 0) is 53.5 Å². The Bertz CT molecular complexity index is 681. The first-order chi connectivity index (χ1) is 11.2. The molecule has 0 saturated carbocycles. The molecular weight excluding hydrogens is 282 g/mol. The van der Waals surface area contributed by atoms with E-state index in [4.69, 9.17) is 4.74 Å². The molecule has 1 aliphatic carbocycles. The number of nitrogens with zero attached hydrogens (tertiary/aromatic N) is 1.